The Morgan fingerprint density at radius 3 is 2.19 bits per heavy atom. The van der Waals surface area contributed by atoms with E-state index >= 15 is 0 Å². The molecule has 0 amide bonds. The number of hydrogen-bond donors (Lipinski definition) is 0. The van der Waals surface area contributed by atoms with Gasteiger partial charge in [0.1, 0.15) is 17.5 Å². The summed E-state index contributed by atoms with van der Waals surface area (Å²) < 4.78 is 40.9. The van der Waals surface area contributed by atoms with Gasteiger partial charge in [-0.15, -0.1) is 0 Å². The van der Waals surface area contributed by atoms with Gasteiger partial charge in [-0.25, -0.2) is 13.2 Å². The maximum atomic E-state index is 13.9. The molecule has 4 atom stereocenters. The van der Waals surface area contributed by atoms with Crippen molar-refractivity contribution in [3.8, 4) is 0 Å². The van der Waals surface area contributed by atoms with Gasteiger partial charge in [0.05, 0.1) is 0 Å². The standard InChI is InChI=1S/C17H20BrF3/c18-17(16-14(20)8-13(19)9-15(16)21)12-6-5-10-3-1-2-4-11(10)7-12/h8-12,17H,1-7H2. The molecule has 0 nitrogen and oxygen atoms in total. The van der Waals surface area contributed by atoms with Gasteiger partial charge >= 0.3 is 0 Å². The Hall–Kier alpha value is -0.510. The normalized spacial score (nSPS) is 30.8. The third kappa shape index (κ3) is 3.15. The van der Waals surface area contributed by atoms with E-state index in [1.807, 2.05) is 0 Å². The number of hydrogen-bond acceptors (Lipinski definition) is 0. The fraction of sp³-hybridized carbons (Fsp3) is 0.647. The van der Waals surface area contributed by atoms with Crippen molar-refractivity contribution in [1.29, 1.82) is 0 Å². The molecule has 21 heavy (non-hydrogen) atoms. The zero-order valence-corrected chi connectivity index (χ0v) is 13.5. The molecule has 2 fully saturated rings. The molecule has 1 aromatic rings. The minimum atomic E-state index is -0.857. The van der Waals surface area contributed by atoms with Gasteiger partial charge in [0, 0.05) is 22.5 Å². The Morgan fingerprint density at radius 2 is 1.52 bits per heavy atom. The Kier molecular flexibility index (Phi) is 4.63. The average Bonchev–Trinajstić information content (AvgIpc) is 2.45. The third-order valence-corrected chi connectivity index (χ3v) is 6.52. The van der Waals surface area contributed by atoms with Crippen LogP contribution in [-0.2, 0) is 0 Å². The van der Waals surface area contributed by atoms with Crippen LogP contribution in [0.5, 0.6) is 0 Å². The van der Waals surface area contributed by atoms with Crippen molar-refractivity contribution >= 4 is 15.9 Å². The Balaban J connectivity index is 1.78. The average molecular weight is 361 g/mol. The second-order valence-electron chi connectivity index (χ2n) is 6.56. The highest BCUT2D eigenvalue weighted by Gasteiger charge is 2.36. The Bertz CT molecular complexity index is 494. The van der Waals surface area contributed by atoms with Crippen molar-refractivity contribution in [3.05, 3.63) is 35.1 Å². The molecular weight excluding hydrogens is 341 g/mol. The number of alkyl halides is 1. The van der Waals surface area contributed by atoms with Gasteiger partial charge in [-0.05, 0) is 37.0 Å². The van der Waals surface area contributed by atoms with Crippen LogP contribution in [0.15, 0.2) is 12.1 Å². The van der Waals surface area contributed by atoms with E-state index in [0.717, 1.165) is 37.3 Å². The van der Waals surface area contributed by atoms with Crippen LogP contribution in [0, 0.1) is 35.2 Å². The monoisotopic (exact) mass is 360 g/mol. The lowest BCUT2D eigenvalue weighted by Gasteiger charge is -2.41. The van der Waals surface area contributed by atoms with E-state index in [2.05, 4.69) is 15.9 Å². The molecule has 4 unspecified atom stereocenters. The molecule has 116 valence electrons. The molecule has 0 radical (unpaired) electrons. The van der Waals surface area contributed by atoms with Gasteiger partial charge in [0.25, 0.3) is 0 Å². The summed E-state index contributed by atoms with van der Waals surface area (Å²) in [6.45, 7) is 0. The maximum absolute atomic E-state index is 13.9. The summed E-state index contributed by atoms with van der Waals surface area (Å²) in [6.07, 6.45) is 8.33. The predicted molar refractivity (Wildman–Crippen MR) is 80.8 cm³/mol. The second kappa shape index (κ2) is 6.31. The molecule has 0 saturated heterocycles. The minimum absolute atomic E-state index is 0.00402. The molecule has 2 saturated carbocycles. The van der Waals surface area contributed by atoms with Gasteiger partial charge in [-0.3, -0.25) is 0 Å². The number of rotatable bonds is 2. The predicted octanol–water partition coefficient (Wildman–Crippen LogP) is 6.15. The molecule has 0 heterocycles. The minimum Gasteiger partial charge on any atom is -0.207 e. The van der Waals surface area contributed by atoms with Crippen molar-refractivity contribution in [2.24, 2.45) is 17.8 Å². The van der Waals surface area contributed by atoms with Crippen LogP contribution in [0.25, 0.3) is 0 Å². The van der Waals surface area contributed by atoms with Crippen molar-refractivity contribution in [2.75, 3.05) is 0 Å². The first-order chi connectivity index (χ1) is 10.1. The summed E-state index contributed by atoms with van der Waals surface area (Å²) in [5, 5.41) is 0. The molecule has 0 N–H and O–H groups in total. The smallest absolute Gasteiger partial charge is 0.133 e. The Labute approximate surface area is 132 Å². The van der Waals surface area contributed by atoms with Gasteiger partial charge < -0.3 is 0 Å². The fourth-order valence-electron chi connectivity index (χ4n) is 4.23. The van der Waals surface area contributed by atoms with Crippen LogP contribution in [0.3, 0.4) is 0 Å². The number of halogens is 4. The van der Waals surface area contributed by atoms with E-state index in [1.54, 1.807) is 0 Å². The molecule has 2 aliphatic rings. The first-order valence-electron chi connectivity index (χ1n) is 7.84. The van der Waals surface area contributed by atoms with E-state index in [9.17, 15) is 13.2 Å². The summed E-state index contributed by atoms with van der Waals surface area (Å²) in [6, 6.07) is 1.55. The van der Waals surface area contributed by atoms with Gasteiger partial charge in [-0.2, -0.15) is 0 Å². The van der Waals surface area contributed by atoms with Crippen LogP contribution >= 0.6 is 15.9 Å². The van der Waals surface area contributed by atoms with E-state index < -0.39 is 17.5 Å². The SMILES string of the molecule is Fc1cc(F)c(C(Br)C2CCC3CCCCC3C2)c(F)c1. The summed E-state index contributed by atoms with van der Waals surface area (Å²) in [7, 11) is 0. The van der Waals surface area contributed by atoms with Crippen LogP contribution in [-0.4, -0.2) is 0 Å². The van der Waals surface area contributed by atoms with Crippen LogP contribution in [0.4, 0.5) is 13.2 Å². The summed E-state index contributed by atoms with van der Waals surface area (Å²) in [5.74, 6) is -0.676. The molecule has 0 aliphatic heterocycles. The van der Waals surface area contributed by atoms with E-state index in [0.29, 0.717) is 5.92 Å². The van der Waals surface area contributed by atoms with E-state index in [1.165, 1.54) is 25.7 Å². The largest absolute Gasteiger partial charge is 0.207 e. The molecule has 3 rings (SSSR count). The third-order valence-electron chi connectivity index (χ3n) is 5.31. The number of benzene rings is 1. The topological polar surface area (TPSA) is 0 Å². The number of fused-ring (bicyclic) bond motifs is 1. The van der Waals surface area contributed by atoms with Crippen molar-refractivity contribution in [1.82, 2.24) is 0 Å². The molecule has 0 spiro atoms. The first-order valence-corrected chi connectivity index (χ1v) is 8.76. The highest BCUT2D eigenvalue weighted by molar-refractivity contribution is 9.09. The first kappa shape index (κ1) is 15.4. The van der Waals surface area contributed by atoms with Crippen LogP contribution in [0.2, 0.25) is 0 Å². The lowest BCUT2D eigenvalue weighted by molar-refractivity contribution is 0.128. The van der Waals surface area contributed by atoms with Crippen LogP contribution < -0.4 is 0 Å². The lowest BCUT2D eigenvalue weighted by atomic mass is 9.66. The highest BCUT2D eigenvalue weighted by Crippen LogP contribution is 2.49. The summed E-state index contributed by atoms with van der Waals surface area (Å²) in [5.41, 5.74) is -0.00402. The van der Waals surface area contributed by atoms with Crippen molar-refractivity contribution in [2.45, 2.75) is 49.8 Å². The zero-order valence-electron chi connectivity index (χ0n) is 11.9. The summed E-state index contributed by atoms with van der Waals surface area (Å²) >= 11 is 3.49. The Morgan fingerprint density at radius 1 is 0.905 bits per heavy atom. The van der Waals surface area contributed by atoms with E-state index in [-0.39, 0.29) is 16.3 Å². The van der Waals surface area contributed by atoms with Gasteiger partial charge in [-0.1, -0.05) is 41.6 Å². The van der Waals surface area contributed by atoms with E-state index in [4.69, 9.17) is 0 Å². The van der Waals surface area contributed by atoms with Crippen LogP contribution in [0.1, 0.15) is 55.3 Å². The molecule has 0 aromatic heterocycles. The van der Waals surface area contributed by atoms with Gasteiger partial charge in [0.15, 0.2) is 0 Å². The van der Waals surface area contributed by atoms with Gasteiger partial charge in [0.2, 0.25) is 0 Å². The molecular formula is C17H20BrF3. The highest BCUT2D eigenvalue weighted by atomic mass is 79.9. The summed E-state index contributed by atoms with van der Waals surface area (Å²) in [4.78, 5) is -0.360. The molecule has 0 bridgehead atoms. The van der Waals surface area contributed by atoms with Crippen molar-refractivity contribution < 1.29 is 13.2 Å². The lowest BCUT2D eigenvalue weighted by Crippen LogP contribution is -2.29. The molecule has 4 heteroatoms. The second-order valence-corrected chi connectivity index (χ2v) is 7.55. The maximum Gasteiger partial charge on any atom is 0.133 e. The quantitative estimate of drug-likeness (QED) is 0.555. The zero-order chi connectivity index (χ0) is 15.0. The fourth-order valence-corrected chi connectivity index (χ4v) is 5.15. The van der Waals surface area contributed by atoms with Crippen molar-refractivity contribution in [3.63, 3.8) is 0 Å². The molecule has 2 aliphatic carbocycles. The molecule has 1 aromatic carbocycles.